The number of rotatable bonds is 4. The number of morpholine rings is 1. The van der Waals surface area contributed by atoms with Crippen LogP contribution in [0.2, 0.25) is 0 Å². The monoisotopic (exact) mass is 347 g/mol. The van der Waals surface area contributed by atoms with Crippen molar-refractivity contribution in [3.63, 3.8) is 0 Å². The summed E-state index contributed by atoms with van der Waals surface area (Å²) < 4.78 is 6.16. The molecule has 0 radical (unpaired) electrons. The number of aryl methyl sites for hydroxylation is 1. The van der Waals surface area contributed by atoms with Crippen molar-refractivity contribution in [1.82, 2.24) is 19.6 Å². The zero-order valence-corrected chi connectivity index (χ0v) is 14.6. The summed E-state index contributed by atoms with van der Waals surface area (Å²) in [5.41, 5.74) is 0.391. The molecule has 0 aromatic carbocycles. The van der Waals surface area contributed by atoms with Gasteiger partial charge in [-0.2, -0.15) is 10.4 Å². The number of aromatic nitrogens is 2. The molecule has 0 aliphatic carbocycles. The van der Waals surface area contributed by atoms with Gasteiger partial charge in [-0.25, -0.2) is 4.68 Å². The van der Waals surface area contributed by atoms with Gasteiger partial charge in [0, 0.05) is 20.1 Å². The fraction of sp³-hybridized carbons (Fsp3) is 0.562. The van der Waals surface area contributed by atoms with Crippen LogP contribution in [0.5, 0.6) is 0 Å². The van der Waals surface area contributed by atoms with Crippen molar-refractivity contribution in [3.05, 3.63) is 27.2 Å². The van der Waals surface area contributed by atoms with E-state index < -0.39 is 11.5 Å². The predicted octanol–water partition coefficient (Wildman–Crippen LogP) is -0.951. The van der Waals surface area contributed by atoms with Crippen LogP contribution < -0.4 is 5.56 Å². The zero-order chi connectivity index (χ0) is 18.6. The molecule has 0 unspecified atom stereocenters. The van der Waals surface area contributed by atoms with Crippen molar-refractivity contribution in [1.29, 1.82) is 5.26 Å². The molecule has 0 saturated carbocycles. The van der Waals surface area contributed by atoms with E-state index in [1.165, 1.54) is 11.9 Å². The Labute approximate surface area is 145 Å². The second-order valence-corrected chi connectivity index (χ2v) is 5.90. The normalized spacial score (nSPS) is 14.1. The average Bonchev–Trinajstić information content (AvgIpc) is 2.60. The first kappa shape index (κ1) is 18.6. The van der Waals surface area contributed by atoms with Crippen LogP contribution >= 0.6 is 0 Å². The largest absolute Gasteiger partial charge is 0.378 e. The Balaban J connectivity index is 2.06. The molecule has 1 aliphatic heterocycles. The highest BCUT2D eigenvalue weighted by Gasteiger charge is 2.21. The maximum atomic E-state index is 12.3. The highest BCUT2D eigenvalue weighted by atomic mass is 16.5. The number of carbonyl (C=O) groups excluding carboxylic acids is 2. The molecule has 0 spiro atoms. The number of hydrogen-bond acceptors (Lipinski definition) is 6. The van der Waals surface area contributed by atoms with Gasteiger partial charge in [0.2, 0.25) is 11.8 Å². The van der Waals surface area contributed by atoms with Crippen molar-refractivity contribution in [2.24, 2.45) is 0 Å². The van der Waals surface area contributed by atoms with Crippen molar-refractivity contribution < 1.29 is 14.3 Å². The Morgan fingerprint density at radius 2 is 1.96 bits per heavy atom. The maximum absolute atomic E-state index is 12.3. The quantitative estimate of drug-likeness (QED) is 0.695. The Morgan fingerprint density at radius 1 is 1.32 bits per heavy atom. The summed E-state index contributed by atoms with van der Waals surface area (Å²) in [5, 5.41) is 13.2. The number of carbonyl (C=O) groups is 2. The lowest BCUT2D eigenvalue weighted by Crippen LogP contribution is -2.47. The van der Waals surface area contributed by atoms with Gasteiger partial charge in [0.15, 0.2) is 0 Å². The smallest absolute Gasteiger partial charge is 0.285 e. The first-order valence-electron chi connectivity index (χ1n) is 7.93. The van der Waals surface area contributed by atoms with Gasteiger partial charge in [-0.05, 0) is 19.4 Å². The molecular weight excluding hydrogens is 326 g/mol. The SMILES string of the molecule is Cc1nn(CC(=O)N(C)CC(=O)N2CCOCC2)c(=O)c(C#N)c1C. The van der Waals surface area contributed by atoms with E-state index in [1.807, 2.05) is 6.07 Å². The standard InChI is InChI=1S/C16H21N5O4/c1-11-12(2)18-21(16(24)13(11)8-17)10-14(22)19(3)9-15(23)20-4-6-25-7-5-20/h4-7,9-10H2,1-3H3. The van der Waals surface area contributed by atoms with Gasteiger partial charge >= 0.3 is 0 Å². The third kappa shape index (κ3) is 4.22. The van der Waals surface area contributed by atoms with Crippen molar-refractivity contribution in [3.8, 4) is 6.07 Å². The molecule has 2 heterocycles. The molecule has 2 amide bonds. The predicted molar refractivity (Wildman–Crippen MR) is 87.7 cm³/mol. The molecular formula is C16H21N5O4. The number of amides is 2. The highest BCUT2D eigenvalue weighted by Crippen LogP contribution is 2.05. The van der Waals surface area contributed by atoms with E-state index >= 15 is 0 Å². The van der Waals surface area contributed by atoms with E-state index in [0.717, 1.165) is 4.68 Å². The van der Waals surface area contributed by atoms with Crippen molar-refractivity contribution >= 4 is 11.8 Å². The van der Waals surface area contributed by atoms with Gasteiger partial charge in [-0.15, -0.1) is 0 Å². The van der Waals surface area contributed by atoms with Crippen molar-refractivity contribution in [2.45, 2.75) is 20.4 Å². The molecule has 25 heavy (non-hydrogen) atoms. The van der Waals surface area contributed by atoms with Gasteiger partial charge in [0.25, 0.3) is 5.56 Å². The number of likely N-dealkylation sites (N-methyl/N-ethyl adjacent to an activating group) is 1. The Kier molecular flexibility index (Phi) is 5.88. The van der Waals surface area contributed by atoms with Crippen LogP contribution in [0.15, 0.2) is 4.79 Å². The zero-order valence-electron chi connectivity index (χ0n) is 14.6. The van der Waals surface area contributed by atoms with Crippen LogP contribution in [0.25, 0.3) is 0 Å². The van der Waals surface area contributed by atoms with Gasteiger partial charge < -0.3 is 14.5 Å². The highest BCUT2D eigenvalue weighted by molar-refractivity contribution is 5.84. The molecule has 0 N–H and O–H groups in total. The fourth-order valence-electron chi connectivity index (χ4n) is 2.46. The topological polar surface area (TPSA) is 109 Å². The minimum atomic E-state index is -0.605. The average molecular weight is 347 g/mol. The van der Waals surface area contributed by atoms with E-state index in [9.17, 15) is 14.4 Å². The molecule has 0 atom stereocenters. The summed E-state index contributed by atoms with van der Waals surface area (Å²) in [6.07, 6.45) is 0. The Bertz CT molecular complexity index is 774. The van der Waals surface area contributed by atoms with E-state index in [4.69, 9.17) is 10.00 Å². The van der Waals surface area contributed by atoms with E-state index in [2.05, 4.69) is 5.10 Å². The van der Waals surface area contributed by atoms with Crippen LogP contribution in [-0.4, -0.2) is 71.3 Å². The molecule has 1 aliphatic rings. The van der Waals surface area contributed by atoms with Gasteiger partial charge in [0.05, 0.1) is 25.5 Å². The number of nitrogens with zero attached hydrogens (tertiary/aromatic N) is 5. The van der Waals surface area contributed by atoms with Gasteiger partial charge in [-0.1, -0.05) is 0 Å². The summed E-state index contributed by atoms with van der Waals surface area (Å²) in [5.74, 6) is -0.597. The Hall–Kier alpha value is -2.73. The first-order valence-corrected chi connectivity index (χ1v) is 7.93. The third-order valence-electron chi connectivity index (χ3n) is 4.20. The fourth-order valence-corrected chi connectivity index (χ4v) is 2.46. The number of ether oxygens (including phenoxy) is 1. The third-order valence-corrected chi connectivity index (χ3v) is 4.20. The second kappa shape index (κ2) is 7.90. The molecule has 1 fully saturated rings. The van der Waals surface area contributed by atoms with E-state index in [0.29, 0.717) is 37.6 Å². The van der Waals surface area contributed by atoms with Crippen molar-refractivity contribution in [2.75, 3.05) is 39.9 Å². The lowest BCUT2D eigenvalue weighted by atomic mass is 10.1. The van der Waals surface area contributed by atoms with Crippen LogP contribution in [-0.2, 0) is 20.9 Å². The molecule has 1 aromatic heterocycles. The summed E-state index contributed by atoms with van der Waals surface area (Å²) in [4.78, 5) is 39.6. The first-order chi connectivity index (χ1) is 11.8. The molecule has 1 aromatic rings. The lowest BCUT2D eigenvalue weighted by molar-refractivity contribution is -0.142. The minimum absolute atomic E-state index is 0.0210. The summed E-state index contributed by atoms with van der Waals surface area (Å²) >= 11 is 0. The van der Waals surface area contributed by atoms with Gasteiger partial charge in [-0.3, -0.25) is 14.4 Å². The van der Waals surface area contributed by atoms with Crippen LogP contribution in [0.4, 0.5) is 0 Å². The summed E-state index contributed by atoms with van der Waals surface area (Å²) in [6.45, 7) is 4.90. The summed E-state index contributed by atoms with van der Waals surface area (Å²) in [7, 11) is 1.50. The summed E-state index contributed by atoms with van der Waals surface area (Å²) in [6, 6.07) is 1.85. The second-order valence-electron chi connectivity index (χ2n) is 5.90. The number of hydrogen-bond donors (Lipinski definition) is 0. The molecule has 2 rings (SSSR count). The van der Waals surface area contributed by atoms with Crippen LogP contribution in [0.3, 0.4) is 0 Å². The maximum Gasteiger partial charge on any atom is 0.285 e. The molecule has 9 nitrogen and oxygen atoms in total. The van der Waals surface area contributed by atoms with E-state index in [1.54, 1.807) is 18.7 Å². The Morgan fingerprint density at radius 3 is 2.56 bits per heavy atom. The number of nitriles is 1. The van der Waals surface area contributed by atoms with E-state index in [-0.39, 0.29) is 24.6 Å². The molecule has 134 valence electrons. The van der Waals surface area contributed by atoms with Gasteiger partial charge in [0.1, 0.15) is 18.2 Å². The molecule has 9 heteroatoms. The molecule has 0 bridgehead atoms. The lowest BCUT2D eigenvalue weighted by Gasteiger charge is -2.28. The van der Waals surface area contributed by atoms with Crippen LogP contribution in [0, 0.1) is 25.2 Å². The molecule has 1 saturated heterocycles. The minimum Gasteiger partial charge on any atom is -0.378 e. The van der Waals surface area contributed by atoms with Crippen LogP contribution in [0.1, 0.15) is 16.8 Å².